The summed E-state index contributed by atoms with van der Waals surface area (Å²) in [6.07, 6.45) is -0.0962. The fourth-order valence-electron chi connectivity index (χ4n) is 2.11. The maximum atomic E-state index is 11.9. The average molecular weight is 266 g/mol. The predicted octanol–water partition coefficient (Wildman–Crippen LogP) is 0.958. The van der Waals surface area contributed by atoms with Gasteiger partial charge in [-0.1, -0.05) is 0 Å². The molecule has 0 aliphatic carbocycles. The molecule has 19 heavy (non-hydrogen) atoms. The maximum absolute atomic E-state index is 11.9. The quantitative estimate of drug-likeness (QED) is 0.584. The Bertz CT molecular complexity index is 496. The first-order chi connectivity index (χ1) is 9.21. The number of carbonyl (C=O) groups is 2. The minimum Gasteiger partial charge on any atom is -0.493 e. The molecule has 0 spiro atoms. The van der Waals surface area contributed by atoms with Crippen LogP contribution < -0.4 is 9.47 Å². The van der Waals surface area contributed by atoms with Crippen LogP contribution in [-0.2, 0) is 20.7 Å². The summed E-state index contributed by atoms with van der Waals surface area (Å²) >= 11 is 0. The van der Waals surface area contributed by atoms with Crippen molar-refractivity contribution in [1.82, 2.24) is 0 Å². The molecule has 0 N–H and O–H groups in total. The van der Waals surface area contributed by atoms with E-state index in [2.05, 4.69) is 4.74 Å². The van der Waals surface area contributed by atoms with E-state index < -0.39 is 12.1 Å². The molecule has 6 heteroatoms. The highest BCUT2D eigenvalue weighted by molar-refractivity contribution is 5.93. The minimum atomic E-state index is -0.508. The third-order valence-electron chi connectivity index (χ3n) is 2.92. The van der Waals surface area contributed by atoms with E-state index >= 15 is 0 Å². The van der Waals surface area contributed by atoms with Crippen molar-refractivity contribution in [2.24, 2.45) is 0 Å². The van der Waals surface area contributed by atoms with E-state index in [1.54, 1.807) is 12.1 Å². The minimum absolute atomic E-state index is 0.0229. The molecule has 0 aromatic heterocycles. The highest BCUT2D eigenvalue weighted by atomic mass is 16.6. The van der Waals surface area contributed by atoms with E-state index in [0.717, 1.165) is 0 Å². The first kappa shape index (κ1) is 13.2. The van der Waals surface area contributed by atoms with Gasteiger partial charge in [-0.15, -0.1) is 0 Å². The molecule has 2 rings (SSSR count). The van der Waals surface area contributed by atoms with Gasteiger partial charge >= 0.3 is 5.97 Å². The Morgan fingerprint density at radius 2 is 2.16 bits per heavy atom. The first-order valence-electron chi connectivity index (χ1n) is 5.71. The molecule has 102 valence electrons. The zero-order valence-corrected chi connectivity index (χ0v) is 10.7. The van der Waals surface area contributed by atoms with Gasteiger partial charge in [0.05, 0.1) is 19.8 Å². The molecule has 1 aliphatic rings. The second-order valence-electron chi connectivity index (χ2n) is 3.99. The molecule has 1 aliphatic heterocycles. The lowest BCUT2D eigenvalue weighted by molar-refractivity contribution is -0.131. The predicted molar refractivity (Wildman–Crippen MR) is 64.5 cm³/mol. The monoisotopic (exact) mass is 266 g/mol. The number of rotatable bonds is 5. The van der Waals surface area contributed by atoms with Crippen molar-refractivity contribution in [2.75, 3.05) is 20.8 Å². The topological polar surface area (TPSA) is 71.1 Å². The summed E-state index contributed by atoms with van der Waals surface area (Å²) in [5, 5.41) is 0. The van der Waals surface area contributed by atoms with Crippen LogP contribution in [0.15, 0.2) is 12.1 Å². The summed E-state index contributed by atoms with van der Waals surface area (Å²) in [5.41, 5.74) is 1.15. The van der Waals surface area contributed by atoms with Gasteiger partial charge in [-0.25, -0.2) is 4.79 Å². The van der Waals surface area contributed by atoms with Gasteiger partial charge in [0, 0.05) is 12.0 Å². The van der Waals surface area contributed by atoms with Gasteiger partial charge < -0.3 is 18.9 Å². The molecule has 6 nitrogen and oxygen atoms in total. The summed E-state index contributed by atoms with van der Waals surface area (Å²) in [5.74, 6) is 0.598. The van der Waals surface area contributed by atoms with Gasteiger partial charge in [-0.3, -0.25) is 4.79 Å². The SMILES string of the molecule is COc1ccc2c(c1OC)C[C@@H](COC=O)OC2=O. The molecule has 1 atom stereocenters. The van der Waals surface area contributed by atoms with Crippen molar-refractivity contribution in [3.05, 3.63) is 23.3 Å². The molecule has 0 saturated heterocycles. The summed E-state index contributed by atoms with van der Waals surface area (Å²) < 4.78 is 20.3. The van der Waals surface area contributed by atoms with Crippen molar-refractivity contribution >= 4 is 12.4 Å². The smallest absolute Gasteiger partial charge is 0.338 e. The molecular weight excluding hydrogens is 252 g/mol. The molecule has 0 bridgehead atoms. The van der Waals surface area contributed by atoms with E-state index in [1.165, 1.54) is 14.2 Å². The number of carbonyl (C=O) groups excluding carboxylic acids is 2. The fourth-order valence-corrected chi connectivity index (χ4v) is 2.11. The molecule has 0 unspecified atom stereocenters. The third-order valence-corrected chi connectivity index (χ3v) is 2.92. The van der Waals surface area contributed by atoms with Crippen molar-refractivity contribution in [1.29, 1.82) is 0 Å². The summed E-state index contributed by atoms with van der Waals surface area (Å²) in [6.45, 7) is 0.348. The molecule has 0 amide bonds. The Morgan fingerprint density at radius 3 is 2.79 bits per heavy atom. The second kappa shape index (κ2) is 5.60. The highest BCUT2D eigenvalue weighted by Gasteiger charge is 2.30. The standard InChI is InChI=1S/C13H14O6/c1-16-11-4-3-9-10(12(11)17-2)5-8(6-18-7-14)19-13(9)15/h3-4,7-8H,5-6H2,1-2H3/t8-/m0/s1. The van der Waals surface area contributed by atoms with E-state index in [0.29, 0.717) is 35.5 Å². The number of methoxy groups -OCH3 is 2. The fraction of sp³-hybridized carbons (Fsp3) is 0.385. The van der Waals surface area contributed by atoms with Crippen LogP contribution >= 0.6 is 0 Å². The molecule has 0 saturated carbocycles. The summed E-state index contributed by atoms with van der Waals surface area (Å²) in [7, 11) is 3.04. The average Bonchev–Trinajstić information content (AvgIpc) is 2.43. The zero-order chi connectivity index (χ0) is 13.8. The molecule has 1 aromatic carbocycles. The van der Waals surface area contributed by atoms with Crippen LogP contribution in [0.1, 0.15) is 15.9 Å². The number of hydrogen-bond acceptors (Lipinski definition) is 6. The lowest BCUT2D eigenvalue weighted by Crippen LogP contribution is -2.31. The van der Waals surface area contributed by atoms with Gasteiger partial charge in [-0.05, 0) is 12.1 Å². The Kier molecular flexibility index (Phi) is 3.89. The Balaban J connectivity index is 2.37. The van der Waals surface area contributed by atoms with E-state index in [1.807, 2.05) is 0 Å². The highest BCUT2D eigenvalue weighted by Crippen LogP contribution is 2.37. The Labute approximate surface area is 110 Å². The largest absolute Gasteiger partial charge is 0.493 e. The summed E-state index contributed by atoms with van der Waals surface area (Å²) in [6, 6.07) is 3.29. The van der Waals surface area contributed by atoms with Gasteiger partial charge in [0.25, 0.3) is 6.47 Å². The Hall–Kier alpha value is -2.24. The van der Waals surface area contributed by atoms with E-state index in [4.69, 9.17) is 14.2 Å². The van der Waals surface area contributed by atoms with Gasteiger partial charge in [0.15, 0.2) is 11.5 Å². The van der Waals surface area contributed by atoms with Crippen LogP contribution in [0.25, 0.3) is 0 Å². The van der Waals surface area contributed by atoms with Gasteiger partial charge in [0.2, 0.25) is 0 Å². The number of fused-ring (bicyclic) bond motifs is 1. The van der Waals surface area contributed by atoms with Gasteiger partial charge in [0.1, 0.15) is 12.7 Å². The molecule has 0 fully saturated rings. The van der Waals surface area contributed by atoms with Crippen LogP contribution in [0, 0.1) is 0 Å². The van der Waals surface area contributed by atoms with Crippen LogP contribution in [-0.4, -0.2) is 39.4 Å². The van der Waals surface area contributed by atoms with E-state index in [-0.39, 0.29) is 6.61 Å². The number of hydrogen-bond donors (Lipinski definition) is 0. The maximum Gasteiger partial charge on any atom is 0.338 e. The van der Waals surface area contributed by atoms with Crippen LogP contribution in [0.4, 0.5) is 0 Å². The first-order valence-corrected chi connectivity index (χ1v) is 5.71. The molecular formula is C13H14O6. The normalized spacial score (nSPS) is 17.2. The van der Waals surface area contributed by atoms with Crippen molar-refractivity contribution < 1.29 is 28.5 Å². The number of esters is 1. The van der Waals surface area contributed by atoms with Gasteiger partial charge in [-0.2, -0.15) is 0 Å². The van der Waals surface area contributed by atoms with Crippen molar-refractivity contribution in [3.8, 4) is 11.5 Å². The molecule has 0 radical (unpaired) electrons. The van der Waals surface area contributed by atoms with Crippen molar-refractivity contribution in [2.45, 2.75) is 12.5 Å². The van der Waals surface area contributed by atoms with Crippen LogP contribution in [0.2, 0.25) is 0 Å². The second-order valence-corrected chi connectivity index (χ2v) is 3.99. The van der Waals surface area contributed by atoms with E-state index in [9.17, 15) is 9.59 Å². The van der Waals surface area contributed by atoms with Crippen molar-refractivity contribution in [3.63, 3.8) is 0 Å². The third kappa shape index (κ3) is 2.47. The lowest BCUT2D eigenvalue weighted by Gasteiger charge is -2.26. The Morgan fingerprint density at radius 1 is 1.37 bits per heavy atom. The molecule has 1 heterocycles. The van der Waals surface area contributed by atoms with Crippen LogP contribution in [0.3, 0.4) is 0 Å². The van der Waals surface area contributed by atoms with Crippen LogP contribution in [0.5, 0.6) is 11.5 Å². The summed E-state index contributed by atoms with van der Waals surface area (Å²) in [4.78, 5) is 22.1. The number of ether oxygens (including phenoxy) is 4. The number of cyclic esters (lactones) is 1. The lowest BCUT2D eigenvalue weighted by atomic mass is 9.97. The zero-order valence-electron chi connectivity index (χ0n) is 10.7. The number of benzene rings is 1. The molecule has 1 aromatic rings.